The lowest BCUT2D eigenvalue weighted by Gasteiger charge is -2.29. The zero-order chi connectivity index (χ0) is 19.4. The van der Waals surface area contributed by atoms with Crippen LogP contribution in [-0.2, 0) is 4.79 Å². The molecule has 6 nitrogen and oxygen atoms in total. The molecular weight excluding hydrogens is 360 g/mol. The van der Waals surface area contributed by atoms with Crippen LogP contribution in [0.3, 0.4) is 0 Å². The number of anilines is 1. The summed E-state index contributed by atoms with van der Waals surface area (Å²) < 4.78 is 7.65. The Hall–Kier alpha value is -2.28. The van der Waals surface area contributed by atoms with Crippen LogP contribution >= 0.6 is 11.8 Å². The van der Waals surface area contributed by atoms with Crippen molar-refractivity contribution in [2.45, 2.75) is 51.7 Å². The van der Waals surface area contributed by atoms with E-state index in [1.807, 2.05) is 42.8 Å². The van der Waals surface area contributed by atoms with Gasteiger partial charge in [0.15, 0.2) is 5.78 Å². The molecule has 7 heteroatoms. The Morgan fingerprint density at radius 2 is 2.11 bits per heavy atom. The average molecular weight is 387 g/mol. The molecule has 1 aromatic carbocycles. The van der Waals surface area contributed by atoms with Gasteiger partial charge in [-0.3, -0.25) is 4.79 Å². The number of carbonyl (C=O) groups excluding carboxylic acids is 1. The molecule has 2 aromatic rings. The lowest BCUT2D eigenvalue weighted by atomic mass is 9.92. The van der Waals surface area contributed by atoms with E-state index < -0.39 is 0 Å². The van der Waals surface area contributed by atoms with Crippen LogP contribution in [-0.4, -0.2) is 32.9 Å². The van der Waals surface area contributed by atoms with Gasteiger partial charge in [-0.15, -0.1) is 5.10 Å². The van der Waals surface area contributed by atoms with E-state index in [0.29, 0.717) is 18.1 Å². The summed E-state index contributed by atoms with van der Waals surface area (Å²) in [7, 11) is 0. The zero-order valence-corrected chi connectivity index (χ0v) is 17.1. The number of nitrogens with zero attached hydrogens (tertiary/aromatic N) is 3. The number of allylic oxidation sites excluding steroid dienone is 2. The molecule has 1 aliphatic rings. The zero-order valence-electron chi connectivity index (χ0n) is 16.3. The number of ketones is 1. The second-order valence-electron chi connectivity index (χ2n) is 6.46. The minimum Gasteiger partial charge on any atom is -0.494 e. The molecule has 27 heavy (non-hydrogen) atoms. The highest BCUT2D eigenvalue weighted by Gasteiger charge is 2.34. The molecule has 0 saturated carbocycles. The fourth-order valence-corrected chi connectivity index (χ4v) is 4.15. The summed E-state index contributed by atoms with van der Waals surface area (Å²) >= 11 is 1.64. The number of ether oxygens (including phenoxy) is 1. The third kappa shape index (κ3) is 4.03. The molecule has 0 bridgehead atoms. The lowest BCUT2D eigenvalue weighted by Crippen LogP contribution is -2.28. The lowest BCUT2D eigenvalue weighted by molar-refractivity contribution is -0.114. The largest absolute Gasteiger partial charge is 0.494 e. The molecule has 0 saturated heterocycles. The van der Waals surface area contributed by atoms with Crippen LogP contribution in [0.1, 0.15) is 52.1 Å². The summed E-state index contributed by atoms with van der Waals surface area (Å²) in [5, 5.41) is 8.68. The Balaban J connectivity index is 2.08. The topological polar surface area (TPSA) is 69.0 Å². The molecule has 0 aliphatic carbocycles. The highest BCUT2D eigenvalue weighted by Crippen LogP contribution is 2.39. The summed E-state index contributed by atoms with van der Waals surface area (Å²) in [4.78, 5) is 17.1. The van der Waals surface area contributed by atoms with Gasteiger partial charge in [0.2, 0.25) is 11.1 Å². The van der Waals surface area contributed by atoms with Crippen molar-refractivity contribution in [2.75, 3.05) is 17.7 Å². The van der Waals surface area contributed by atoms with Gasteiger partial charge in [0.1, 0.15) is 11.8 Å². The maximum atomic E-state index is 12.5. The first-order chi connectivity index (χ1) is 13.1. The minimum absolute atomic E-state index is 0.0117. The Kier molecular flexibility index (Phi) is 6.21. The van der Waals surface area contributed by atoms with E-state index in [4.69, 9.17) is 9.84 Å². The fourth-order valence-electron chi connectivity index (χ4n) is 3.24. The number of rotatable bonds is 8. The third-order valence-electron chi connectivity index (χ3n) is 4.45. The number of fused-ring (bicyclic) bond motifs is 1. The van der Waals surface area contributed by atoms with Gasteiger partial charge in [-0.2, -0.15) is 4.98 Å². The highest BCUT2D eigenvalue weighted by atomic mass is 32.2. The summed E-state index contributed by atoms with van der Waals surface area (Å²) in [6, 6.07) is 7.47. The third-order valence-corrected chi connectivity index (χ3v) is 5.38. The molecule has 0 spiro atoms. The number of aromatic nitrogens is 3. The Labute approximate surface area is 164 Å². The summed E-state index contributed by atoms with van der Waals surface area (Å²) in [5.41, 5.74) is 2.41. The standard InChI is InChI=1S/C20H26N4O2S/c1-5-7-12-27-20-22-19-21-13(3)17(14(4)25)18(24(19)23-20)15-10-8-9-11-16(15)26-6-2/h8-11,18H,5-7,12H2,1-4H3,(H,21,22,23). The second-order valence-corrected chi connectivity index (χ2v) is 7.52. The fraction of sp³-hybridized carbons (Fsp3) is 0.450. The van der Waals surface area contributed by atoms with Crippen molar-refractivity contribution in [1.29, 1.82) is 0 Å². The average Bonchev–Trinajstić information content (AvgIpc) is 3.03. The Morgan fingerprint density at radius 3 is 2.81 bits per heavy atom. The molecule has 0 fully saturated rings. The van der Waals surface area contributed by atoms with Crippen LogP contribution in [0, 0.1) is 0 Å². The first kappa shape index (κ1) is 19.5. The predicted molar refractivity (Wildman–Crippen MR) is 108 cm³/mol. The number of Topliss-reactive ketones (excluding diaryl/α,β-unsaturated/α-hetero) is 1. The van der Waals surface area contributed by atoms with Crippen LogP contribution in [0.5, 0.6) is 5.75 Å². The number of unbranched alkanes of at least 4 members (excludes halogenated alkanes) is 1. The predicted octanol–water partition coefficient (Wildman–Crippen LogP) is 4.45. The molecular formula is C20H26N4O2S. The van der Waals surface area contributed by atoms with Gasteiger partial charge >= 0.3 is 0 Å². The minimum atomic E-state index is -0.352. The first-order valence-corrected chi connectivity index (χ1v) is 10.3. The van der Waals surface area contributed by atoms with E-state index in [1.54, 1.807) is 18.7 Å². The van der Waals surface area contributed by atoms with E-state index in [2.05, 4.69) is 17.2 Å². The van der Waals surface area contributed by atoms with Crippen molar-refractivity contribution < 1.29 is 9.53 Å². The Bertz CT molecular complexity index is 859. The van der Waals surface area contributed by atoms with Crippen molar-refractivity contribution in [2.24, 2.45) is 0 Å². The van der Waals surface area contributed by atoms with Crippen molar-refractivity contribution in [3.63, 3.8) is 0 Å². The Morgan fingerprint density at radius 1 is 1.33 bits per heavy atom. The number of thioether (sulfide) groups is 1. The van der Waals surface area contributed by atoms with E-state index >= 15 is 0 Å². The van der Waals surface area contributed by atoms with Gasteiger partial charge in [0.05, 0.1) is 6.61 Å². The normalized spacial score (nSPS) is 16.1. The molecule has 1 N–H and O–H groups in total. The van der Waals surface area contributed by atoms with E-state index in [9.17, 15) is 4.79 Å². The van der Waals surface area contributed by atoms with Crippen molar-refractivity contribution >= 4 is 23.5 Å². The summed E-state index contributed by atoms with van der Waals surface area (Å²) in [6.45, 7) is 8.18. The summed E-state index contributed by atoms with van der Waals surface area (Å²) in [5.74, 6) is 2.41. The van der Waals surface area contributed by atoms with Crippen molar-refractivity contribution in [1.82, 2.24) is 14.8 Å². The van der Waals surface area contributed by atoms with Crippen LogP contribution in [0.4, 0.5) is 5.95 Å². The quantitative estimate of drug-likeness (QED) is 0.534. The number of hydrogen-bond acceptors (Lipinski definition) is 6. The van der Waals surface area contributed by atoms with Crippen LogP contribution in [0.25, 0.3) is 0 Å². The molecule has 1 aromatic heterocycles. The summed E-state index contributed by atoms with van der Waals surface area (Å²) in [6.07, 6.45) is 2.26. The SMILES string of the molecule is CCCCSc1nc2n(n1)C(c1ccccc1OCC)C(C(C)=O)=C(C)N2. The van der Waals surface area contributed by atoms with Crippen molar-refractivity contribution in [3.8, 4) is 5.75 Å². The van der Waals surface area contributed by atoms with E-state index in [0.717, 1.165) is 40.8 Å². The van der Waals surface area contributed by atoms with Gasteiger partial charge in [-0.25, -0.2) is 4.68 Å². The van der Waals surface area contributed by atoms with Crippen LogP contribution in [0.2, 0.25) is 0 Å². The number of hydrogen-bond donors (Lipinski definition) is 1. The van der Waals surface area contributed by atoms with Crippen molar-refractivity contribution in [3.05, 3.63) is 41.1 Å². The first-order valence-electron chi connectivity index (χ1n) is 9.36. The number of nitrogens with one attached hydrogen (secondary N) is 1. The molecule has 0 radical (unpaired) electrons. The van der Waals surface area contributed by atoms with E-state index in [-0.39, 0.29) is 11.8 Å². The van der Waals surface area contributed by atoms with Gasteiger partial charge in [0, 0.05) is 22.6 Å². The molecule has 1 atom stereocenters. The molecule has 2 heterocycles. The second kappa shape index (κ2) is 8.61. The van der Waals surface area contributed by atoms with Gasteiger partial charge < -0.3 is 10.1 Å². The van der Waals surface area contributed by atoms with Gasteiger partial charge in [-0.1, -0.05) is 43.3 Å². The van der Waals surface area contributed by atoms with E-state index in [1.165, 1.54) is 0 Å². The number of para-hydroxylation sites is 1. The van der Waals surface area contributed by atoms with Gasteiger partial charge in [0.25, 0.3) is 0 Å². The maximum Gasteiger partial charge on any atom is 0.227 e. The highest BCUT2D eigenvalue weighted by molar-refractivity contribution is 7.99. The monoisotopic (exact) mass is 386 g/mol. The smallest absolute Gasteiger partial charge is 0.227 e. The molecule has 3 rings (SSSR count). The molecule has 0 amide bonds. The molecule has 1 unspecified atom stereocenters. The van der Waals surface area contributed by atoms with Gasteiger partial charge in [-0.05, 0) is 33.3 Å². The molecule has 1 aliphatic heterocycles. The maximum absolute atomic E-state index is 12.5. The number of carbonyl (C=O) groups is 1. The van der Waals surface area contributed by atoms with Crippen LogP contribution in [0.15, 0.2) is 40.7 Å². The van der Waals surface area contributed by atoms with Crippen LogP contribution < -0.4 is 10.1 Å². The number of benzene rings is 1. The molecule has 144 valence electrons.